The van der Waals surface area contributed by atoms with Crippen molar-refractivity contribution in [3.63, 3.8) is 0 Å². The molecule has 2 amide bonds. The molecule has 1 unspecified atom stereocenters. The SMILES string of the molecule is CC(=O)N1CCN(C(C)C(=O)NCC(C)C)CC1. The second-order valence-corrected chi connectivity index (χ2v) is 5.36. The summed E-state index contributed by atoms with van der Waals surface area (Å²) < 4.78 is 0. The van der Waals surface area contributed by atoms with Crippen LogP contribution in [0.4, 0.5) is 0 Å². The van der Waals surface area contributed by atoms with E-state index in [1.165, 1.54) is 0 Å². The number of hydrogen-bond acceptors (Lipinski definition) is 3. The molecular formula is C13H25N3O2. The van der Waals surface area contributed by atoms with Gasteiger partial charge in [-0.1, -0.05) is 13.8 Å². The Morgan fingerprint density at radius 3 is 2.11 bits per heavy atom. The number of rotatable bonds is 4. The van der Waals surface area contributed by atoms with Gasteiger partial charge in [0, 0.05) is 39.6 Å². The van der Waals surface area contributed by atoms with Gasteiger partial charge in [0.15, 0.2) is 0 Å². The van der Waals surface area contributed by atoms with Crippen LogP contribution in [0.3, 0.4) is 0 Å². The van der Waals surface area contributed by atoms with Crippen molar-refractivity contribution in [1.82, 2.24) is 15.1 Å². The molecule has 1 N–H and O–H groups in total. The summed E-state index contributed by atoms with van der Waals surface area (Å²) in [6.45, 7) is 11.4. The minimum Gasteiger partial charge on any atom is -0.354 e. The molecule has 1 aliphatic rings. The molecule has 1 heterocycles. The van der Waals surface area contributed by atoms with Crippen LogP contribution >= 0.6 is 0 Å². The van der Waals surface area contributed by atoms with E-state index >= 15 is 0 Å². The summed E-state index contributed by atoms with van der Waals surface area (Å²) in [5.41, 5.74) is 0. The van der Waals surface area contributed by atoms with Gasteiger partial charge in [-0.25, -0.2) is 0 Å². The molecule has 1 fully saturated rings. The van der Waals surface area contributed by atoms with Crippen molar-refractivity contribution < 1.29 is 9.59 Å². The summed E-state index contributed by atoms with van der Waals surface area (Å²) in [5, 5.41) is 2.95. The second-order valence-electron chi connectivity index (χ2n) is 5.36. The third-order valence-electron chi connectivity index (χ3n) is 3.37. The van der Waals surface area contributed by atoms with Crippen molar-refractivity contribution in [2.24, 2.45) is 5.92 Å². The molecule has 104 valence electrons. The number of amides is 2. The summed E-state index contributed by atoms with van der Waals surface area (Å²) in [5.74, 6) is 0.669. The molecule has 0 aromatic rings. The lowest BCUT2D eigenvalue weighted by molar-refractivity contribution is -0.132. The van der Waals surface area contributed by atoms with Crippen LogP contribution in [-0.4, -0.2) is 60.4 Å². The van der Waals surface area contributed by atoms with Crippen molar-refractivity contribution in [1.29, 1.82) is 0 Å². The molecule has 0 bridgehead atoms. The van der Waals surface area contributed by atoms with E-state index in [2.05, 4.69) is 24.1 Å². The maximum Gasteiger partial charge on any atom is 0.237 e. The van der Waals surface area contributed by atoms with E-state index in [9.17, 15) is 9.59 Å². The summed E-state index contributed by atoms with van der Waals surface area (Å²) in [6, 6.07) is -0.113. The van der Waals surface area contributed by atoms with Crippen molar-refractivity contribution in [3.8, 4) is 0 Å². The maximum atomic E-state index is 11.9. The van der Waals surface area contributed by atoms with Gasteiger partial charge < -0.3 is 10.2 Å². The smallest absolute Gasteiger partial charge is 0.237 e. The Morgan fingerprint density at radius 2 is 1.67 bits per heavy atom. The number of piperazine rings is 1. The van der Waals surface area contributed by atoms with Gasteiger partial charge in [0.05, 0.1) is 6.04 Å². The van der Waals surface area contributed by atoms with E-state index in [1.807, 2.05) is 11.8 Å². The van der Waals surface area contributed by atoms with Crippen molar-refractivity contribution >= 4 is 11.8 Å². The normalized spacial score (nSPS) is 18.8. The highest BCUT2D eigenvalue weighted by atomic mass is 16.2. The molecule has 5 nitrogen and oxygen atoms in total. The average Bonchev–Trinajstić information content (AvgIpc) is 2.35. The molecule has 18 heavy (non-hydrogen) atoms. The topological polar surface area (TPSA) is 52.7 Å². The summed E-state index contributed by atoms with van der Waals surface area (Å²) in [4.78, 5) is 27.1. The van der Waals surface area contributed by atoms with Crippen LogP contribution < -0.4 is 5.32 Å². The predicted molar refractivity (Wildman–Crippen MR) is 71.1 cm³/mol. The molecule has 0 spiro atoms. The first-order chi connectivity index (χ1) is 8.41. The first-order valence-corrected chi connectivity index (χ1v) is 6.69. The van der Waals surface area contributed by atoms with Gasteiger partial charge in [0.25, 0.3) is 0 Å². The first kappa shape index (κ1) is 15.0. The Balaban J connectivity index is 2.37. The molecule has 1 saturated heterocycles. The molecule has 1 rings (SSSR count). The molecular weight excluding hydrogens is 230 g/mol. The van der Waals surface area contributed by atoms with E-state index in [0.717, 1.165) is 32.7 Å². The van der Waals surface area contributed by atoms with Crippen LogP contribution in [-0.2, 0) is 9.59 Å². The number of carbonyl (C=O) groups excluding carboxylic acids is 2. The van der Waals surface area contributed by atoms with Crippen molar-refractivity contribution in [2.45, 2.75) is 33.7 Å². The first-order valence-electron chi connectivity index (χ1n) is 6.69. The van der Waals surface area contributed by atoms with Crippen molar-refractivity contribution in [3.05, 3.63) is 0 Å². The third-order valence-corrected chi connectivity index (χ3v) is 3.37. The third kappa shape index (κ3) is 4.29. The fourth-order valence-electron chi connectivity index (χ4n) is 2.04. The predicted octanol–water partition coefficient (Wildman–Crippen LogP) is 0.311. The zero-order valence-corrected chi connectivity index (χ0v) is 11.9. The minimum atomic E-state index is -0.113. The monoisotopic (exact) mass is 255 g/mol. The molecule has 0 aromatic carbocycles. The summed E-state index contributed by atoms with van der Waals surface area (Å²) in [7, 11) is 0. The van der Waals surface area contributed by atoms with Crippen LogP contribution in [0.5, 0.6) is 0 Å². The maximum absolute atomic E-state index is 11.9. The fourth-order valence-corrected chi connectivity index (χ4v) is 2.04. The van der Waals surface area contributed by atoms with Gasteiger partial charge in [0.1, 0.15) is 0 Å². The standard InChI is InChI=1S/C13H25N3O2/c1-10(2)9-14-13(18)11(3)15-5-7-16(8-6-15)12(4)17/h10-11H,5-9H2,1-4H3,(H,14,18). The van der Waals surface area contributed by atoms with Gasteiger partial charge in [0.2, 0.25) is 11.8 Å². The molecule has 0 aliphatic carbocycles. The quantitative estimate of drug-likeness (QED) is 0.786. The molecule has 1 aliphatic heterocycles. The summed E-state index contributed by atoms with van der Waals surface area (Å²) in [6.07, 6.45) is 0. The van der Waals surface area contributed by atoms with Crippen molar-refractivity contribution in [2.75, 3.05) is 32.7 Å². The second kappa shape index (κ2) is 6.73. The Hall–Kier alpha value is -1.10. The number of hydrogen-bond donors (Lipinski definition) is 1. The molecule has 0 saturated carbocycles. The zero-order valence-electron chi connectivity index (χ0n) is 11.9. The molecule has 0 radical (unpaired) electrons. The highest BCUT2D eigenvalue weighted by molar-refractivity contribution is 5.81. The van der Waals surface area contributed by atoms with Crippen LogP contribution in [0.25, 0.3) is 0 Å². The number of nitrogens with zero attached hydrogens (tertiary/aromatic N) is 2. The zero-order chi connectivity index (χ0) is 13.7. The molecule has 1 atom stereocenters. The Morgan fingerprint density at radius 1 is 1.11 bits per heavy atom. The Labute approximate surface area is 110 Å². The Bertz CT molecular complexity index is 297. The largest absolute Gasteiger partial charge is 0.354 e. The van der Waals surface area contributed by atoms with Gasteiger partial charge in [-0.15, -0.1) is 0 Å². The van der Waals surface area contributed by atoms with E-state index in [0.29, 0.717) is 5.92 Å². The van der Waals surface area contributed by atoms with Gasteiger partial charge in [-0.05, 0) is 12.8 Å². The number of nitrogens with one attached hydrogen (secondary N) is 1. The van der Waals surface area contributed by atoms with E-state index in [4.69, 9.17) is 0 Å². The van der Waals surface area contributed by atoms with E-state index in [-0.39, 0.29) is 17.9 Å². The van der Waals surface area contributed by atoms with E-state index < -0.39 is 0 Å². The lowest BCUT2D eigenvalue weighted by atomic mass is 10.2. The summed E-state index contributed by atoms with van der Waals surface area (Å²) >= 11 is 0. The fraction of sp³-hybridized carbons (Fsp3) is 0.846. The van der Waals surface area contributed by atoms with Crippen LogP contribution in [0.1, 0.15) is 27.7 Å². The molecule has 5 heteroatoms. The lowest BCUT2D eigenvalue weighted by Crippen LogP contribution is -2.54. The van der Waals surface area contributed by atoms with Gasteiger partial charge >= 0.3 is 0 Å². The van der Waals surface area contributed by atoms with Crippen LogP contribution in [0, 0.1) is 5.92 Å². The number of carbonyl (C=O) groups is 2. The highest BCUT2D eigenvalue weighted by Crippen LogP contribution is 2.06. The average molecular weight is 255 g/mol. The van der Waals surface area contributed by atoms with Crippen LogP contribution in [0.15, 0.2) is 0 Å². The lowest BCUT2D eigenvalue weighted by Gasteiger charge is -2.37. The minimum absolute atomic E-state index is 0.0833. The highest BCUT2D eigenvalue weighted by Gasteiger charge is 2.26. The Kier molecular flexibility index (Phi) is 5.59. The molecule has 0 aromatic heterocycles. The van der Waals surface area contributed by atoms with Crippen LogP contribution in [0.2, 0.25) is 0 Å². The van der Waals surface area contributed by atoms with Gasteiger partial charge in [-0.3, -0.25) is 14.5 Å². The van der Waals surface area contributed by atoms with E-state index in [1.54, 1.807) is 6.92 Å². The van der Waals surface area contributed by atoms with Gasteiger partial charge in [-0.2, -0.15) is 0 Å².